The first-order valence-corrected chi connectivity index (χ1v) is 7.49. The van der Waals surface area contributed by atoms with Crippen LogP contribution in [0, 0.1) is 0 Å². The second-order valence-corrected chi connectivity index (χ2v) is 5.17. The minimum absolute atomic E-state index is 0.258. The van der Waals surface area contributed by atoms with Crippen molar-refractivity contribution in [2.24, 2.45) is 0 Å². The monoisotopic (exact) mass is 307 g/mol. The Balaban J connectivity index is 1.63. The number of amides is 1. The molecule has 0 radical (unpaired) electrons. The third-order valence-electron chi connectivity index (χ3n) is 3.57. The minimum atomic E-state index is -0.261. The van der Waals surface area contributed by atoms with E-state index < -0.39 is 0 Å². The summed E-state index contributed by atoms with van der Waals surface area (Å²) in [6, 6.07) is 13.4. The van der Waals surface area contributed by atoms with Crippen molar-refractivity contribution >= 4 is 5.91 Å². The van der Waals surface area contributed by atoms with Crippen LogP contribution in [0.2, 0.25) is 0 Å². The smallest absolute Gasteiger partial charge is 0.273 e. The van der Waals surface area contributed by atoms with Crippen LogP contribution in [-0.4, -0.2) is 16.0 Å². The highest BCUT2D eigenvalue weighted by Crippen LogP contribution is 2.18. The zero-order valence-electron chi connectivity index (χ0n) is 12.8. The van der Waals surface area contributed by atoms with E-state index in [1.807, 2.05) is 18.2 Å². The van der Waals surface area contributed by atoms with Crippen LogP contribution >= 0.6 is 0 Å². The number of pyridine rings is 1. The molecule has 0 aliphatic rings. The molecule has 0 aliphatic carbocycles. The Labute approximate surface area is 134 Å². The summed E-state index contributed by atoms with van der Waals surface area (Å²) in [5, 5.41) is 6.66. The molecule has 1 N–H and O–H groups in total. The summed E-state index contributed by atoms with van der Waals surface area (Å²) in [6.07, 6.45) is 4.34. The Hall–Kier alpha value is -2.95. The molecule has 1 aromatic carbocycles. The summed E-state index contributed by atoms with van der Waals surface area (Å²) in [4.78, 5) is 16.2. The molecule has 5 nitrogen and oxygen atoms in total. The molecule has 0 fully saturated rings. The topological polar surface area (TPSA) is 68.0 Å². The lowest BCUT2D eigenvalue weighted by atomic mass is 10.1. The molecule has 116 valence electrons. The number of nitrogens with zero attached hydrogens (tertiary/aromatic N) is 2. The first-order valence-electron chi connectivity index (χ1n) is 7.49. The average Bonchev–Trinajstić information content (AvgIpc) is 3.11. The van der Waals surface area contributed by atoms with Crippen molar-refractivity contribution in [1.29, 1.82) is 0 Å². The maximum Gasteiger partial charge on any atom is 0.273 e. The second-order valence-electron chi connectivity index (χ2n) is 5.17. The number of aryl methyl sites for hydroxylation is 1. The van der Waals surface area contributed by atoms with Gasteiger partial charge in [-0.25, -0.2) is 0 Å². The number of rotatable bonds is 5. The fourth-order valence-electron chi connectivity index (χ4n) is 2.19. The predicted molar refractivity (Wildman–Crippen MR) is 86.7 cm³/mol. The van der Waals surface area contributed by atoms with E-state index >= 15 is 0 Å². The first-order chi connectivity index (χ1) is 11.3. The van der Waals surface area contributed by atoms with E-state index in [-0.39, 0.29) is 11.6 Å². The SMILES string of the molecule is CCc1ccc(CNC(=O)c2cc(-c3cccnc3)on2)cc1. The molecule has 3 aromatic rings. The molecule has 2 heterocycles. The number of hydrogen-bond acceptors (Lipinski definition) is 4. The molecule has 5 heteroatoms. The van der Waals surface area contributed by atoms with Crippen LogP contribution in [-0.2, 0) is 13.0 Å². The van der Waals surface area contributed by atoms with E-state index in [2.05, 4.69) is 34.5 Å². The average molecular weight is 307 g/mol. The zero-order valence-corrected chi connectivity index (χ0v) is 12.8. The van der Waals surface area contributed by atoms with E-state index in [0.29, 0.717) is 12.3 Å². The lowest BCUT2D eigenvalue weighted by Gasteiger charge is -2.04. The van der Waals surface area contributed by atoms with Gasteiger partial charge in [-0.05, 0) is 29.7 Å². The Morgan fingerprint density at radius 2 is 1.96 bits per heavy atom. The number of nitrogens with one attached hydrogen (secondary N) is 1. The molecule has 0 atom stereocenters. The van der Waals surface area contributed by atoms with E-state index in [9.17, 15) is 4.79 Å². The fourth-order valence-corrected chi connectivity index (χ4v) is 2.19. The fraction of sp³-hybridized carbons (Fsp3) is 0.167. The molecule has 0 saturated heterocycles. The number of hydrogen-bond donors (Lipinski definition) is 1. The minimum Gasteiger partial charge on any atom is -0.355 e. The van der Waals surface area contributed by atoms with E-state index in [0.717, 1.165) is 17.5 Å². The van der Waals surface area contributed by atoms with Gasteiger partial charge in [0.15, 0.2) is 11.5 Å². The van der Waals surface area contributed by atoms with Crippen LogP contribution in [0.4, 0.5) is 0 Å². The third kappa shape index (κ3) is 3.63. The van der Waals surface area contributed by atoms with Crippen LogP contribution in [0.5, 0.6) is 0 Å². The third-order valence-corrected chi connectivity index (χ3v) is 3.57. The quantitative estimate of drug-likeness (QED) is 0.786. The van der Waals surface area contributed by atoms with Crippen LogP contribution in [0.25, 0.3) is 11.3 Å². The molecule has 1 amide bonds. The molecule has 3 rings (SSSR count). The Morgan fingerprint density at radius 3 is 2.65 bits per heavy atom. The Morgan fingerprint density at radius 1 is 1.17 bits per heavy atom. The molecule has 2 aromatic heterocycles. The lowest BCUT2D eigenvalue weighted by molar-refractivity contribution is 0.0942. The second kappa shape index (κ2) is 6.87. The van der Waals surface area contributed by atoms with Crippen LogP contribution < -0.4 is 5.32 Å². The summed E-state index contributed by atoms with van der Waals surface area (Å²) in [5.41, 5.74) is 3.37. The van der Waals surface area contributed by atoms with Crippen molar-refractivity contribution in [2.75, 3.05) is 0 Å². The summed E-state index contributed by atoms with van der Waals surface area (Å²) in [5.74, 6) is 0.263. The highest BCUT2D eigenvalue weighted by Gasteiger charge is 2.13. The highest BCUT2D eigenvalue weighted by atomic mass is 16.5. The standard InChI is InChI=1S/C18H17N3O2/c1-2-13-5-7-14(8-6-13)11-20-18(22)16-10-17(23-21-16)15-4-3-9-19-12-15/h3-10,12H,2,11H2,1H3,(H,20,22). The van der Waals surface area contributed by atoms with Gasteiger partial charge in [0.25, 0.3) is 5.91 Å². The normalized spacial score (nSPS) is 10.5. The number of carbonyl (C=O) groups is 1. The Bertz CT molecular complexity index is 780. The zero-order chi connectivity index (χ0) is 16.1. The van der Waals surface area contributed by atoms with Crippen LogP contribution in [0.1, 0.15) is 28.5 Å². The van der Waals surface area contributed by atoms with Crippen molar-refractivity contribution in [3.05, 3.63) is 71.7 Å². The van der Waals surface area contributed by atoms with Gasteiger partial charge in [0.2, 0.25) is 0 Å². The molecular weight excluding hydrogens is 290 g/mol. The summed E-state index contributed by atoms with van der Waals surface area (Å²) >= 11 is 0. The van der Waals surface area contributed by atoms with Gasteiger partial charge in [0, 0.05) is 30.6 Å². The molecule has 0 aliphatic heterocycles. The molecular formula is C18H17N3O2. The van der Waals surface area contributed by atoms with Gasteiger partial charge in [-0.3, -0.25) is 9.78 Å². The van der Waals surface area contributed by atoms with Gasteiger partial charge < -0.3 is 9.84 Å². The van der Waals surface area contributed by atoms with Gasteiger partial charge in [-0.2, -0.15) is 0 Å². The summed E-state index contributed by atoms with van der Waals surface area (Å²) in [7, 11) is 0. The van der Waals surface area contributed by atoms with Gasteiger partial charge in [0.1, 0.15) is 0 Å². The van der Waals surface area contributed by atoms with Gasteiger partial charge in [-0.15, -0.1) is 0 Å². The highest BCUT2D eigenvalue weighted by molar-refractivity contribution is 5.93. The van der Waals surface area contributed by atoms with Gasteiger partial charge in [0.05, 0.1) is 0 Å². The maximum absolute atomic E-state index is 12.1. The van der Waals surface area contributed by atoms with Crippen LogP contribution in [0.3, 0.4) is 0 Å². The number of aromatic nitrogens is 2. The summed E-state index contributed by atoms with van der Waals surface area (Å²) < 4.78 is 5.20. The Kier molecular flexibility index (Phi) is 4.47. The van der Waals surface area contributed by atoms with Crippen molar-refractivity contribution in [1.82, 2.24) is 15.5 Å². The number of carbonyl (C=O) groups excluding carboxylic acids is 1. The predicted octanol–water partition coefficient (Wildman–Crippen LogP) is 3.23. The van der Waals surface area contributed by atoms with Gasteiger partial charge in [-0.1, -0.05) is 36.3 Å². The molecule has 0 spiro atoms. The van der Waals surface area contributed by atoms with Crippen molar-refractivity contribution in [3.8, 4) is 11.3 Å². The van der Waals surface area contributed by atoms with E-state index in [4.69, 9.17) is 4.52 Å². The van der Waals surface area contributed by atoms with Crippen LogP contribution in [0.15, 0.2) is 59.4 Å². The van der Waals surface area contributed by atoms with Crippen molar-refractivity contribution < 1.29 is 9.32 Å². The van der Waals surface area contributed by atoms with Gasteiger partial charge >= 0.3 is 0 Å². The lowest BCUT2D eigenvalue weighted by Crippen LogP contribution is -2.23. The molecule has 0 saturated carbocycles. The van der Waals surface area contributed by atoms with E-state index in [1.54, 1.807) is 24.5 Å². The van der Waals surface area contributed by atoms with Crippen molar-refractivity contribution in [2.45, 2.75) is 19.9 Å². The maximum atomic E-state index is 12.1. The van der Waals surface area contributed by atoms with Crippen molar-refractivity contribution in [3.63, 3.8) is 0 Å². The first kappa shape index (κ1) is 15.0. The largest absolute Gasteiger partial charge is 0.355 e. The molecule has 23 heavy (non-hydrogen) atoms. The molecule has 0 unspecified atom stereocenters. The molecule has 0 bridgehead atoms. The number of benzene rings is 1. The summed E-state index contributed by atoms with van der Waals surface area (Å²) in [6.45, 7) is 2.57. The van der Waals surface area contributed by atoms with E-state index in [1.165, 1.54) is 5.56 Å².